The molecule has 10 heteroatoms. The van der Waals surface area contributed by atoms with Crippen LogP contribution < -0.4 is 14.4 Å². The Hall–Kier alpha value is -3.53. The summed E-state index contributed by atoms with van der Waals surface area (Å²) < 4.78 is 73.3. The average Bonchev–Trinajstić information content (AvgIpc) is 2.77. The summed E-state index contributed by atoms with van der Waals surface area (Å²) in [4.78, 5) is 12.7. The van der Waals surface area contributed by atoms with Gasteiger partial charge in [0.05, 0.1) is 24.0 Å². The number of nitrogens with zero attached hydrogens (tertiary/aromatic N) is 1. The SMILES string of the molecule is COc1ccc(C)cc1S(=O)(=O)N(CC(=O)Nc1ccccc1C(F)(F)F)c1ccc(C)cc1. The topological polar surface area (TPSA) is 75.7 Å². The van der Waals surface area contributed by atoms with Crippen molar-refractivity contribution < 1.29 is 31.1 Å². The lowest BCUT2D eigenvalue weighted by Gasteiger charge is -2.25. The van der Waals surface area contributed by atoms with Gasteiger partial charge >= 0.3 is 6.18 Å². The molecule has 0 fully saturated rings. The third-order valence-corrected chi connectivity index (χ3v) is 6.80. The molecule has 3 rings (SSSR count). The van der Waals surface area contributed by atoms with E-state index >= 15 is 0 Å². The first-order chi connectivity index (χ1) is 15.9. The fourth-order valence-electron chi connectivity index (χ4n) is 3.29. The Morgan fingerprint density at radius 1 is 0.971 bits per heavy atom. The van der Waals surface area contributed by atoms with E-state index in [9.17, 15) is 26.4 Å². The van der Waals surface area contributed by atoms with Crippen molar-refractivity contribution in [2.45, 2.75) is 24.9 Å². The Balaban J connectivity index is 2.03. The minimum atomic E-state index is -4.69. The molecule has 0 radical (unpaired) electrons. The van der Waals surface area contributed by atoms with Gasteiger partial charge in [-0.1, -0.05) is 35.9 Å². The average molecular weight is 493 g/mol. The van der Waals surface area contributed by atoms with Crippen LogP contribution in [0.15, 0.2) is 71.6 Å². The molecule has 0 saturated carbocycles. The molecule has 6 nitrogen and oxygen atoms in total. The van der Waals surface area contributed by atoms with Gasteiger partial charge in [0.25, 0.3) is 10.0 Å². The van der Waals surface area contributed by atoms with E-state index in [-0.39, 0.29) is 16.3 Å². The molecule has 0 unspecified atom stereocenters. The van der Waals surface area contributed by atoms with Crippen molar-refractivity contribution in [1.82, 2.24) is 0 Å². The Bertz CT molecular complexity index is 1290. The minimum absolute atomic E-state index is 0.0746. The van der Waals surface area contributed by atoms with Gasteiger partial charge in [0.15, 0.2) is 0 Å². The standard InChI is InChI=1S/C24H23F3N2O4S/c1-16-8-11-18(12-9-16)29(34(31,32)22-14-17(2)10-13-21(22)33-3)15-23(30)28-20-7-5-4-6-19(20)24(25,26)27/h4-14H,15H2,1-3H3,(H,28,30). The lowest BCUT2D eigenvalue weighted by Crippen LogP contribution is -2.38. The second-order valence-corrected chi connectivity index (χ2v) is 9.42. The molecule has 0 aromatic heterocycles. The molecule has 0 spiro atoms. The molecule has 0 atom stereocenters. The van der Waals surface area contributed by atoms with Gasteiger partial charge in [0.2, 0.25) is 5.91 Å². The highest BCUT2D eigenvalue weighted by atomic mass is 32.2. The Labute approximate surface area is 196 Å². The third kappa shape index (κ3) is 5.51. The van der Waals surface area contributed by atoms with E-state index in [0.29, 0.717) is 5.56 Å². The lowest BCUT2D eigenvalue weighted by molar-refractivity contribution is -0.137. The number of nitrogens with one attached hydrogen (secondary N) is 1. The number of anilines is 2. The number of hydrogen-bond acceptors (Lipinski definition) is 4. The van der Waals surface area contributed by atoms with Crippen molar-refractivity contribution in [1.29, 1.82) is 0 Å². The van der Waals surface area contributed by atoms with Crippen LogP contribution in [0.5, 0.6) is 5.75 Å². The monoisotopic (exact) mass is 492 g/mol. The van der Waals surface area contributed by atoms with Gasteiger partial charge in [-0.2, -0.15) is 13.2 Å². The molecule has 0 bridgehead atoms. The number of halogens is 3. The van der Waals surface area contributed by atoms with Crippen molar-refractivity contribution in [3.05, 3.63) is 83.4 Å². The number of aryl methyl sites for hydroxylation is 2. The van der Waals surface area contributed by atoms with Crippen LogP contribution in [0.25, 0.3) is 0 Å². The summed E-state index contributed by atoms with van der Waals surface area (Å²) >= 11 is 0. The second kappa shape index (κ2) is 9.76. The summed E-state index contributed by atoms with van der Waals surface area (Å²) in [6.45, 7) is 2.76. The van der Waals surface area contributed by atoms with Gasteiger partial charge in [0, 0.05) is 0 Å². The van der Waals surface area contributed by atoms with Gasteiger partial charge in [-0.3, -0.25) is 9.10 Å². The van der Waals surface area contributed by atoms with E-state index in [1.54, 1.807) is 25.1 Å². The highest BCUT2D eigenvalue weighted by molar-refractivity contribution is 7.93. The van der Waals surface area contributed by atoms with Crippen LogP contribution in [-0.4, -0.2) is 28.0 Å². The summed E-state index contributed by atoms with van der Waals surface area (Å²) in [5, 5.41) is 2.20. The predicted octanol–water partition coefficient (Wildman–Crippen LogP) is 5.16. The van der Waals surface area contributed by atoms with E-state index in [2.05, 4.69) is 5.32 Å². The van der Waals surface area contributed by atoms with Crippen LogP contribution in [0.4, 0.5) is 24.5 Å². The number of carbonyl (C=O) groups is 1. The van der Waals surface area contributed by atoms with Gasteiger partial charge < -0.3 is 10.1 Å². The Kier molecular flexibility index (Phi) is 7.21. The molecule has 34 heavy (non-hydrogen) atoms. The fraction of sp³-hybridized carbons (Fsp3) is 0.208. The normalized spacial score (nSPS) is 11.7. The first-order valence-electron chi connectivity index (χ1n) is 10.1. The van der Waals surface area contributed by atoms with Crippen molar-refractivity contribution >= 4 is 27.3 Å². The maximum Gasteiger partial charge on any atom is 0.418 e. The molecule has 0 saturated heterocycles. The number of carbonyl (C=O) groups excluding carboxylic acids is 1. The van der Waals surface area contributed by atoms with E-state index in [1.165, 1.54) is 43.5 Å². The van der Waals surface area contributed by atoms with Crippen LogP contribution >= 0.6 is 0 Å². The molecule has 1 N–H and O–H groups in total. The number of amides is 1. The zero-order valence-electron chi connectivity index (χ0n) is 18.7. The van der Waals surface area contributed by atoms with Crippen molar-refractivity contribution in [3.63, 3.8) is 0 Å². The number of rotatable bonds is 7. The van der Waals surface area contributed by atoms with Gasteiger partial charge in [0.1, 0.15) is 17.2 Å². The van der Waals surface area contributed by atoms with Gasteiger partial charge in [-0.15, -0.1) is 0 Å². The van der Waals surface area contributed by atoms with Gasteiger partial charge in [-0.25, -0.2) is 8.42 Å². The zero-order chi connectivity index (χ0) is 25.1. The molecule has 0 aliphatic carbocycles. The molecule has 3 aromatic carbocycles. The molecule has 3 aromatic rings. The third-order valence-electron chi connectivity index (χ3n) is 5.00. The first-order valence-corrected chi connectivity index (χ1v) is 11.6. The van der Waals surface area contributed by atoms with Crippen LogP contribution in [0, 0.1) is 13.8 Å². The Morgan fingerprint density at radius 2 is 1.59 bits per heavy atom. The Morgan fingerprint density at radius 3 is 2.21 bits per heavy atom. The highest BCUT2D eigenvalue weighted by Crippen LogP contribution is 2.35. The number of methoxy groups -OCH3 is 1. The predicted molar refractivity (Wildman–Crippen MR) is 124 cm³/mol. The number of benzene rings is 3. The summed E-state index contributed by atoms with van der Waals surface area (Å²) in [6.07, 6.45) is -4.69. The van der Waals surface area contributed by atoms with Crippen LogP contribution in [0.2, 0.25) is 0 Å². The quantitative estimate of drug-likeness (QED) is 0.494. The fourth-order valence-corrected chi connectivity index (χ4v) is 4.95. The summed E-state index contributed by atoms with van der Waals surface area (Å²) in [7, 11) is -3.01. The molecular formula is C24H23F3N2O4S. The first kappa shape index (κ1) is 25.1. The smallest absolute Gasteiger partial charge is 0.418 e. The molecular weight excluding hydrogens is 469 g/mol. The van der Waals surface area contributed by atoms with E-state index < -0.39 is 39.9 Å². The van der Waals surface area contributed by atoms with Crippen molar-refractivity contribution in [3.8, 4) is 5.75 Å². The van der Waals surface area contributed by atoms with Crippen LogP contribution in [0.1, 0.15) is 16.7 Å². The number of sulfonamides is 1. The van der Waals surface area contributed by atoms with Gasteiger partial charge in [-0.05, 0) is 55.8 Å². The molecule has 0 aliphatic rings. The second-order valence-electron chi connectivity index (χ2n) is 7.59. The zero-order valence-corrected chi connectivity index (χ0v) is 19.5. The minimum Gasteiger partial charge on any atom is -0.495 e. The molecule has 0 aliphatic heterocycles. The van der Waals surface area contributed by atoms with Crippen LogP contribution in [-0.2, 0) is 21.0 Å². The number of alkyl halides is 3. The number of para-hydroxylation sites is 1. The maximum atomic E-state index is 13.6. The van der Waals surface area contributed by atoms with Crippen molar-refractivity contribution in [2.75, 3.05) is 23.3 Å². The maximum absolute atomic E-state index is 13.6. The van der Waals surface area contributed by atoms with Crippen LogP contribution in [0.3, 0.4) is 0 Å². The summed E-state index contributed by atoms with van der Waals surface area (Å²) in [5.41, 5.74) is 0.181. The van der Waals surface area contributed by atoms with E-state index in [4.69, 9.17) is 4.74 Å². The van der Waals surface area contributed by atoms with E-state index in [1.807, 2.05) is 6.92 Å². The number of hydrogen-bond donors (Lipinski definition) is 1. The molecule has 1 amide bonds. The summed E-state index contributed by atoms with van der Waals surface area (Å²) in [5.74, 6) is -0.863. The molecule has 0 heterocycles. The highest BCUT2D eigenvalue weighted by Gasteiger charge is 2.34. The number of ether oxygens (including phenoxy) is 1. The largest absolute Gasteiger partial charge is 0.495 e. The lowest BCUT2D eigenvalue weighted by atomic mass is 10.1. The van der Waals surface area contributed by atoms with E-state index in [0.717, 1.165) is 22.0 Å². The summed E-state index contributed by atoms with van der Waals surface area (Å²) in [6, 6.07) is 15.4. The molecule has 180 valence electrons. The van der Waals surface area contributed by atoms with Crippen molar-refractivity contribution in [2.24, 2.45) is 0 Å².